The Kier molecular flexibility index (Phi) is 5.30. The SMILES string of the molecule is CCOC(=O)c1c(NC(=O)C(C)(C)OC)sc(C)c1C. The third-order valence-electron chi connectivity index (χ3n) is 3.15. The molecule has 1 aromatic rings. The summed E-state index contributed by atoms with van der Waals surface area (Å²) >= 11 is 1.36. The second-order valence-electron chi connectivity index (χ2n) is 4.88. The molecule has 0 spiro atoms. The molecule has 0 atom stereocenters. The standard InChI is InChI=1S/C14H21NO4S/c1-7-19-12(16)10-8(2)9(3)20-11(10)15-13(17)14(4,5)18-6/h7H2,1-6H3,(H,15,17). The number of rotatable bonds is 5. The van der Waals surface area contributed by atoms with Crippen LogP contribution in [0.3, 0.4) is 0 Å². The zero-order chi connectivity index (χ0) is 15.5. The molecular formula is C14H21NO4S. The van der Waals surface area contributed by atoms with E-state index in [1.165, 1.54) is 18.4 Å². The molecule has 0 aliphatic carbocycles. The van der Waals surface area contributed by atoms with Crippen molar-refractivity contribution in [2.24, 2.45) is 0 Å². The lowest BCUT2D eigenvalue weighted by atomic mass is 10.1. The smallest absolute Gasteiger partial charge is 0.341 e. The van der Waals surface area contributed by atoms with E-state index in [1.807, 2.05) is 13.8 Å². The van der Waals surface area contributed by atoms with E-state index in [0.717, 1.165) is 10.4 Å². The number of ether oxygens (including phenoxy) is 2. The molecule has 1 N–H and O–H groups in total. The van der Waals surface area contributed by atoms with Gasteiger partial charge in [-0.15, -0.1) is 11.3 Å². The van der Waals surface area contributed by atoms with Gasteiger partial charge in [0, 0.05) is 12.0 Å². The van der Waals surface area contributed by atoms with E-state index in [0.29, 0.717) is 17.2 Å². The van der Waals surface area contributed by atoms with E-state index < -0.39 is 11.6 Å². The van der Waals surface area contributed by atoms with Gasteiger partial charge in [-0.1, -0.05) is 0 Å². The van der Waals surface area contributed by atoms with Crippen LogP contribution >= 0.6 is 11.3 Å². The summed E-state index contributed by atoms with van der Waals surface area (Å²) in [5.41, 5.74) is 0.297. The number of esters is 1. The first-order valence-electron chi connectivity index (χ1n) is 6.38. The fraction of sp³-hybridized carbons (Fsp3) is 0.571. The van der Waals surface area contributed by atoms with Crippen LogP contribution in [-0.2, 0) is 14.3 Å². The monoisotopic (exact) mass is 299 g/mol. The van der Waals surface area contributed by atoms with Crippen LogP contribution in [0.1, 0.15) is 41.6 Å². The first-order chi connectivity index (χ1) is 9.24. The number of anilines is 1. The number of hydrogen-bond donors (Lipinski definition) is 1. The maximum Gasteiger partial charge on any atom is 0.341 e. The van der Waals surface area contributed by atoms with Crippen molar-refractivity contribution in [1.82, 2.24) is 0 Å². The Morgan fingerprint density at radius 1 is 1.30 bits per heavy atom. The Morgan fingerprint density at radius 3 is 2.40 bits per heavy atom. The molecule has 1 rings (SSSR count). The van der Waals surface area contributed by atoms with Crippen LogP contribution in [0.2, 0.25) is 0 Å². The van der Waals surface area contributed by atoms with Crippen molar-refractivity contribution in [3.63, 3.8) is 0 Å². The van der Waals surface area contributed by atoms with Crippen molar-refractivity contribution in [1.29, 1.82) is 0 Å². The molecule has 0 radical (unpaired) electrons. The average molecular weight is 299 g/mol. The second-order valence-corrected chi connectivity index (χ2v) is 6.10. The first kappa shape index (κ1) is 16.7. The predicted octanol–water partition coefficient (Wildman–Crippen LogP) is 2.91. The van der Waals surface area contributed by atoms with Gasteiger partial charge in [-0.25, -0.2) is 4.79 Å². The normalized spacial score (nSPS) is 11.3. The van der Waals surface area contributed by atoms with E-state index in [4.69, 9.17) is 9.47 Å². The molecule has 20 heavy (non-hydrogen) atoms. The molecule has 0 saturated carbocycles. The molecule has 0 saturated heterocycles. The van der Waals surface area contributed by atoms with Crippen LogP contribution in [0.25, 0.3) is 0 Å². The molecule has 112 valence electrons. The van der Waals surface area contributed by atoms with Gasteiger partial charge in [0.2, 0.25) is 0 Å². The van der Waals surface area contributed by atoms with Crippen molar-refractivity contribution in [3.8, 4) is 0 Å². The molecular weight excluding hydrogens is 278 g/mol. The highest BCUT2D eigenvalue weighted by atomic mass is 32.1. The number of amides is 1. The van der Waals surface area contributed by atoms with Gasteiger partial charge in [-0.3, -0.25) is 4.79 Å². The third-order valence-corrected chi connectivity index (χ3v) is 4.27. The van der Waals surface area contributed by atoms with Crippen LogP contribution in [0.4, 0.5) is 5.00 Å². The van der Waals surface area contributed by atoms with Crippen LogP contribution in [0.15, 0.2) is 0 Å². The Balaban J connectivity index is 3.10. The molecule has 1 heterocycles. The molecule has 1 aromatic heterocycles. The predicted molar refractivity (Wildman–Crippen MR) is 79.5 cm³/mol. The Hall–Kier alpha value is -1.40. The molecule has 0 aliphatic rings. The van der Waals surface area contributed by atoms with Crippen molar-refractivity contribution in [2.75, 3.05) is 19.0 Å². The fourth-order valence-electron chi connectivity index (χ4n) is 1.51. The molecule has 0 fully saturated rings. The van der Waals surface area contributed by atoms with E-state index in [1.54, 1.807) is 20.8 Å². The Labute approximate surface area is 123 Å². The van der Waals surface area contributed by atoms with Crippen LogP contribution < -0.4 is 5.32 Å². The summed E-state index contributed by atoms with van der Waals surface area (Å²) in [4.78, 5) is 25.1. The van der Waals surface area contributed by atoms with Gasteiger partial charge >= 0.3 is 5.97 Å². The fourth-order valence-corrected chi connectivity index (χ4v) is 2.55. The highest BCUT2D eigenvalue weighted by Gasteiger charge is 2.30. The maximum atomic E-state index is 12.1. The lowest BCUT2D eigenvalue weighted by Crippen LogP contribution is -2.38. The van der Waals surface area contributed by atoms with Crippen molar-refractivity contribution < 1.29 is 19.1 Å². The van der Waals surface area contributed by atoms with Gasteiger partial charge in [-0.05, 0) is 40.2 Å². The van der Waals surface area contributed by atoms with E-state index in [2.05, 4.69) is 5.32 Å². The van der Waals surface area contributed by atoms with Gasteiger partial charge in [0.25, 0.3) is 5.91 Å². The largest absolute Gasteiger partial charge is 0.462 e. The number of carbonyl (C=O) groups excluding carboxylic acids is 2. The number of methoxy groups -OCH3 is 1. The van der Waals surface area contributed by atoms with Crippen molar-refractivity contribution >= 4 is 28.2 Å². The van der Waals surface area contributed by atoms with Crippen LogP contribution in [0.5, 0.6) is 0 Å². The topological polar surface area (TPSA) is 64.6 Å². The summed E-state index contributed by atoms with van der Waals surface area (Å²) in [5.74, 6) is -0.716. The molecule has 1 amide bonds. The van der Waals surface area contributed by atoms with E-state index in [-0.39, 0.29) is 5.91 Å². The molecule has 0 bridgehead atoms. The lowest BCUT2D eigenvalue weighted by molar-refractivity contribution is -0.133. The number of aryl methyl sites for hydroxylation is 1. The van der Waals surface area contributed by atoms with Gasteiger partial charge in [-0.2, -0.15) is 0 Å². The molecule has 0 aromatic carbocycles. The van der Waals surface area contributed by atoms with Crippen LogP contribution in [-0.4, -0.2) is 31.2 Å². The third kappa shape index (κ3) is 3.37. The highest BCUT2D eigenvalue weighted by molar-refractivity contribution is 7.16. The number of nitrogens with one attached hydrogen (secondary N) is 1. The van der Waals surface area contributed by atoms with Gasteiger partial charge < -0.3 is 14.8 Å². The zero-order valence-electron chi connectivity index (χ0n) is 12.7. The minimum absolute atomic E-state index is 0.296. The van der Waals surface area contributed by atoms with E-state index >= 15 is 0 Å². The zero-order valence-corrected chi connectivity index (χ0v) is 13.6. The Morgan fingerprint density at radius 2 is 1.90 bits per heavy atom. The summed E-state index contributed by atoms with van der Waals surface area (Å²) in [6, 6.07) is 0. The quantitative estimate of drug-likeness (QED) is 0.849. The van der Waals surface area contributed by atoms with Crippen molar-refractivity contribution in [3.05, 3.63) is 16.0 Å². The molecule has 6 heteroatoms. The lowest BCUT2D eigenvalue weighted by Gasteiger charge is -2.21. The summed E-state index contributed by atoms with van der Waals surface area (Å²) in [5, 5.41) is 3.26. The van der Waals surface area contributed by atoms with E-state index in [9.17, 15) is 9.59 Å². The minimum atomic E-state index is -0.961. The molecule has 5 nitrogen and oxygen atoms in total. The number of hydrogen-bond acceptors (Lipinski definition) is 5. The number of carbonyl (C=O) groups is 2. The highest BCUT2D eigenvalue weighted by Crippen LogP contribution is 2.33. The Bertz CT molecular complexity index is 519. The summed E-state index contributed by atoms with van der Waals surface area (Å²) in [7, 11) is 1.47. The maximum absolute atomic E-state index is 12.1. The second kappa shape index (κ2) is 6.37. The first-order valence-corrected chi connectivity index (χ1v) is 7.20. The number of thiophene rings is 1. The van der Waals surface area contributed by atoms with Gasteiger partial charge in [0.15, 0.2) is 0 Å². The van der Waals surface area contributed by atoms with Crippen molar-refractivity contribution in [2.45, 2.75) is 40.2 Å². The van der Waals surface area contributed by atoms with Crippen LogP contribution in [0, 0.1) is 13.8 Å². The summed E-state index contributed by atoms with van der Waals surface area (Å²) in [6.45, 7) is 9.12. The van der Waals surface area contributed by atoms with Gasteiger partial charge in [0.1, 0.15) is 10.6 Å². The van der Waals surface area contributed by atoms with Gasteiger partial charge in [0.05, 0.1) is 12.2 Å². The summed E-state index contributed by atoms with van der Waals surface area (Å²) < 4.78 is 10.2. The molecule has 0 unspecified atom stereocenters. The minimum Gasteiger partial charge on any atom is -0.462 e. The average Bonchev–Trinajstić information content (AvgIpc) is 2.65. The summed E-state index contributed by atoms with van der Waals surface area (Å²) in [6.07, 6.45) is 0. The molecule has 0 aliphatic heterocycles.